The Balaban J connectivity index is 1.81. The molecule has 0 saturated heterocycles. The zero-order valence-electron chi connectivity index (χ0n) is 12.4. The van der Waals surface area contributed by atoms with Gasteiger partial charge in [-0.2, -0.15) is 0 Å². The quantitative estimate of drug-likeness (QED) is 0.798. The maximum atomic E-state index is 12.3. The second kappa shape index (κ2) is 5.89. The second-order valence-corrected chi connectivity index (χ2v) is 4.83. The van der Waals surface area contributed by atoms with Gasteiger partial charge >= 0.3 is 0 Å². The van der Waals surface area contributed by atoms with Gasteiger partial charge in [-0.05, 0) is 42.5 Å². The third kappa shape index (κ3) is 2.79. The topological polar surface area (TPSA) is 64.4 Å². The molecular weight excluding hydrogens is 280 g/mol. The largest absolute Gasteiger partial charge is 0.497 e. The maximum Gasteiger partial charge on any atom is 0.255 e. The first-order valence-electron chi connectivity index (χ1n) is 7.04. The third-order valence-electron chi connectivity index (χ3n) is 3.34. The van der Waals surface area contributed by atoms with E-state index in [0.29, 0.717) is 28.2 Å². The molecule has 5 heteroatoms. The van der Waals surface area contributed by atoms with E-state index in [9.17, 15) is 4.79 Å². The smallest absolute Gasteiger partial charge is 0.255 e. The summed E-state index contributed by atoms with van der Waals surface area (Å²) >= 11 is 0. The Morgan fingerprint density at radius 1 is 1.23 bits per heavy atom. The lowest BCUT2D eigenvalue weighted by Crippen LogP contribution is -2.11. The summed E-state index contributed by atoms with van der Waals surface area (Å²) in [5, 5.41) is 2.84. The summed E-state index contributed by atoms with van der Waals surface area (Å²) in [6.07, 6.45) is 0.724. The lowest BCUT2D eigenvalue weighted by molar-refractivity contribution is 0.102. The lowest BCUT2D eigenvalue weighted by Gasteiger charge is -2.06. The van der Waals surface area contributed by atoms with Crippen LogP contribution >= 0.6 is 0 Å². The number of oxazole rings is 1. The number of anilines is 1. The number of nitrogens with one attached hydrogen (secondary N) is 1. The standard InChI is InChI=1S/C17H16N2O3/c1-3-16-19-14-10-11(4-9-15(14)22-16)17(20)18-12-5-7-13(21-2)8-6-12/h4-10H,3H2,1-2H3,(H,18,20). The SMILES string of the molecule is CCc1nc2cc(C(=O)Nc3ccc(OC)cc3)ccc2o1. The Bertz CT molecular complexity index is 806. The number of methoxy groups -OCH3 is 1. The molecule has 0 saturated carbocycles. The summed E-state index contributed by atoms with van der Waals surface area (Å²) in [5.74, 6) is 1.23. The second-order valence-electron chi connectivity index (χ2n) is 4.83. The number of benzene rings is 2. The highest BCUT2D eigenvalue weighted by atomic mass is 16.5. The van der Waals surface area contributed by atoms with Gasteiger partial charge in [0.25, 0.3) is 5.91 Å². The van der Waals surface area contributed by atoms with Gasteiger partial charge in [-0.3, -0.25) is 4.79 Å². The number of fused-ring (bicyclic) bond motifs is 1. The van der Waals surface area contributed by atoms with Gasteiger partial charge in [0.05, 0.1) is 7.11 Å². The first-order chi connectivity index (χ1) is 10.7. The number of ether oxygens (including phenoxy) is 1. The number of nitrogens with zero attached hydrogens (tertiary/aromatic N) is 1. The van der Waals surface area contributed by atoms with Crippen molar-refractivity contribution < 1.29 is 13.9 Å². The molecule has 1 heterocycles. The fourth-order valence-corrected chi connectivity index (χ4v) is 2.15. The Kier molecular flexibility index (Phi) is 3.78. The van der Waals surface area contributed by atoms with Gasteiger partial charge in [0.1, 0.15) is 11.3 Å². The van der Waals surface area contributed by atoms with Crippen molar-refractivity contribution in [2.45, 2.75) is 13.3 Å². The van der Waals surface area contributed by atoms with Crippen LogP contribution in [-0.4, -0.2) is 18.0 Å². The first-order valence-corrected chi connectivity index (χ1v) is 7.04. The number of aromatic nitrogens is 1. The Hall–Kier alpha value is -2.82. The van der Waals surface area contributed by atoms with Crippen molar-refractivity contribution in [3.63, 3.8) is 0 Å². The van der Waals surface area contributed by atoms with E-state index in [2.05, 4.69) is 10.3 Å². The molecule has 112 valence electrons. The summed E-state index contributed by atoms with van der Waals surface area (Å²) < 4.78 is 10.6. The minimum atomic E-state index is -0.187. The highest BCUT2D eigenvalue weighted by Crippen LogP contribution is 2.19. The van der Waals surface area contributed by atoms with Crippen LogP contribution in [0.15, 0.2) is 46.9 Å². The van der Waals surface area contributed by atoms with Gasteiger partial charge < -0.3 is 14.5 Å². The van der Waals surface area contributed by atoms with Crippen molar-refractivity contribution in [1.29, 1.82) is 0 Å². The summed E-state index contributed by atoms with van der Waals surface area (Å²) in [6.45, 7) is 1.97. The molecule has 5 nitrogen and oxygen atoms in total. The molecule has 22 heavy (non-hydrogen) atoms. The Morgan fingerprint density at radius 2 is 2.00 bits per heavy atom. The van der Waals surface area contributed by atoms with E-state index in [1.807, 2.05) is 6.92 Å². The fourth-order valence-electron chi connectivity index (χ4n) is 2.15. The van der Waals surface area contributed by atoms with Gasteiger partial charge in [-0.15, -0.1) is 0 Å². The summed E-state index contributed by atoms with van der Waals surface area (Å²) in [6, 6.07) is 12.4. The van der Waals surface area contributed by atoms with Gasteiger partial charge in [0, 0.05) is 17.7 Å². The first kappa shape index (κ1) is 14.1. The average Bonchev–Trinajstić information content (AvgIpc) is 2.97. The molecule has 0 radical (unpaired) electrons. The van der Waals surface area contributed by atoms with Crippen molar-refractivity contribution in [3.05, 3.63) is 53.9 Å². The van der Waals surface area contributed by atoms with Crippen LogP contribution in [0.2, 0.25) is 0 Å². The van der Waals surface area contributed by atoms with Crippen molar-refractivity contribution in [3.8, 4) is 5.75 Å². The zero-order valence-corrected chi connectivity index (χ0v) is 12.4. The van der Waals surface area contributed by atoms with Crippen molar-refractivity contribution >= 4 is 22.7 Å². The minimum absolute atomic E-state index is 0.187. The molecule has 1 N–H and O–H groups in total. The van der Waals surface area contributed by atoms with Crippen LogP contribution in [0, 0.1) is 0 Å². The van der Waals surface area contributed by atoms with Crippen LogP contribution in [-0.2, 0) is 6.42 Å². The van der Waals surface area contributed by atoms with E-state index >= 15 is 0 Å². The molecule has 0 atom stereocenters. The molecular formula is C17H16N2O3. The molecule has 0 spiro atoms. The number of carbonyl (C=O) groups excluding carboxylic acids is 1. The van der Waals surface area contributed by atoms with E-state index in [4.69, 9.17) is 9.15 Å². The molecule has 0 bridgehead atoms. The predicted octanol–water partition coefficient (Wildman–Crippen LogP) is 3.65. The van der Waals surface area contributed by atoms with Crippen molar-refractivity contribution in [1.82, 2.24) is 4.98 Å². The Morgan fingerprint density at radius 3 is 2.68 bits per heavy atom. The summed E-state index contributed by atoms with van der Waals surface area (Å²) in [5.41, 5.74) is 2.64. The van der Waals surface area contributed by atoms with Crippen LogP contribution in [0.1, 0.15) is 23.2 Å². The molecule has 1 amide bonds. The van der Waals surface area contributed by atoms with Crippen LogP contribution in [0.3, 0.4) is 0 Å². The van der Waals surface area contributed by atoms with E-state index in [-0.39, 0.29) is 5.91 Å². The molecule has 2 aromatic carbocycles. The van der Waals surface area contributed by atoms with Crippen LogP contribution in [0.25, 0.3) is 11.1 Å². The number of hydrogen-bond donors (Lipinski definition) is 1. The number of aryl methyl sites for hydroxylation is 1. The molecule has 3 rings (SSSR count). The average molecular weight is 296 g/mol. The van der Waals surface area contributed by atoms with Gasteiger partial charge in [-0.25, -0.2) is 4.98 Å². The molecule has 0 aliphatic rings. The molecule has 0 aliphatic carbocycles. The highest BCUT2D eigenvalue weighted by molar-refractivity contribution is 6.05. The Labute approximate surface area is 127 Å². The van der Waals surface area contributed by atoms with E-state index < -0.39 is 0 Å². The van der Waals surface area contributed by atoms with Gasteiger partial charge in [0.2, 0.25) is 0 Å². The molecule has 0 aliphatic heterocycles. The van der Waals surface area contributed by atoms with E-state index in [0.717, 1.165) is 12.2 Å². The van der Waals surface area contributed by atoms with E-state index in [1.54, 1.807) is 49.6 Å². The monoisotopic (exact) mass is 296 g/mol. The third-order valence-corrected chi connectivity index (χ3v) is 3.34. The highest BCUT2D eigenvalue weighted by Gasteiger charge is 2.10. The van der Waals surface area contributed by atoms with Crippen molar-refractivity contribution in [2.24, 2.45) is 0 Å². The summed E-state index contributed by atoms with van der Waals surface area (Å²) in [7, 11) is 1.60. The number of amides is 1. The minimum Gasteiger partial charge on any atom is -0.497 e. The van der Waals surface area contributed by atoms with Gasteiger partial charge in [0.15, 0.2) is 11.5 Å². The number of carbonyl (C=O) groups is 1. The van der Waals surface area contributed by atoms with Crippen LogP contribution in [0.5, 0.6) is 5.75 Å². The molecule has 0 unspecified atom stereocenters. The van der Waals surface area contributed by atoms with Crippen LogP contribution in [0.4, 0.5) is 5.69 Å². The zero-order chi connectivity index (χ0) is 15.5. The van der Waals surface area contributed by atoms with Crippen LogP contribution < -0.4 is 10.1 Å². The predicted molar refractivity (Wildman–Crippen MR) is 84.3 cm³/mol. The van der Waals surface area contributed by atoms with E-state index in [1.165, 1.54) is 0 Å². The lowest BCUT2D eigenvalue weighted by atomic mass is 10.2. The molecule has 0 fully saturated rings. The molecule has 3 aromatic rings. The normalized spacial score (nSPS) is 10.6. The molecule has 1 aromatic heterocycles. The fraction of sp³-hybridized carbons (Fsp3) is 0.176. The maximum absolute atomic E-state index is 12.3. The van der Waals surface area contributed by atoms with Crippen molar-refractivity contribution in [2.75, 3.05) is 12.4 Å². The number of rotatable bonds is 4. The number of hydrogen-bond acceptors (Lipinski definition) is 4. The van der Waals surface area contributed by atoms with Gasteiger partial charge in [-0.1, -0.05) is 6.92 Å². The summed E-state index contributed by atoms with van der Waals surface area (Å²) in [4.78, 5) is 16.6.